The number of benzene rings is 1. The minimum absolute atomic E-state index is 0.210. The summed E-state index contributed by atoms with van der Waals surface area (Å²) in [7, 11) is 0. The highest BCUT2D eigenvalue weighted by atomic mass is 35.5. The van der Waals surface area contributed by atoms with Gasteiger partial charge in [0.1, 0.15) is 17.4 Å². The maximum Gasteiger partial charge on any atom is 0.182 e. The third kappa shape index (κ3) is 3.21. The van der Waals surface area contributed by atoms with Gasteiger partial charge in [-0.25, -0.2) is 15.0 Å². The molecule has 0 bridgehead atoms. The lowest BCUT2D eigenvalue weighted by Gasteiger charge is -2.23. The van der Waals surface area contributed by atoms with Crippen LogP contribution < -0.4 is 15.3 Å². The molecule has 24 heavy (non-hydrogen) atoms. The predicted molar refractivity (Wildman–Crippen MR) is 90.5 cm³/mol. The van der Waals surface area contributed by atoms with Crippen LogP contribution in [0.3, 0.4) is 0 Å². The van der Waals surface area contributed by atoms with Crippen LogP contribution in [0, 0.1) is 0 Å². The smallest absolute Gasteiger partial charge is 0.182 e. The minimum Gasteiger partial charge on any atom is -0.530 e. The summed E-state index contributed by atoms with van der Waals surface area (Å²) in [6.45, 7) is 1.91. The Balaban J connectivity index is 2.10. The molecule has 2 heterocycles. The number of anilines is 3. The predicted octanol–water partition coefficient (Wildman–Crippen LogP) is 2.59. The lowest BCUT2D eigenvalue weighted by molar-refractivity contribution is -0.246. The molecule has 0 radical (unpaired) electrons. The van der Waals surface area contributed by atoms with Crippen LogP contribution in [0.2, 0.25) is 5.02 Å². The van der Waals surface area contributed by atoms with E-state index in [1.807, 2.05) is 0 Å². The molecule has 8 heteroatoms. The van der Waals surface area contributed by atoms with E-state index in [0.717, 1.165) is 10.6 Å². The van der Waals surface area contributed by atoms with E-state index in [2.05, 4.69) is 20.3 Å². The molecule has 3 aromatic rings. The van der Waals surface area contributed by atoms with E-state index < -0.39 is 6.09 Å². The third-order valence-electron chi connectivity index (χ3n) is 3.36. The number of amides is 1. The summed E-state index contributed by atoms with van der Waals surface area (Å²) in [5.74, 6) is 0.224. The number of carbonyl (C=O) groups is 1. The lowest BCUT2D eigenvalue weighted by Crippen LogP contribution is -2.41. The Kier molecular flexibility index (Phi) is 4.43. The Morgan fingerprint density at radius 2 is 1.96 bits per heavy atom. The van der Waals surface area contributed by atoms with Crippen LogP contribution in [0.15, 0.2) is 42.7 Å². The van der Waals surface area contributed by atoms with Crippen LogP contribution in [-0.4, -0.2) is 27.6 Å². The van der Waals surface area contributed by atoms with E-state index in [4.69, 9.17) is 11.6 Å². The number of carboxylic acid groups (broad SMARTS) is 1. The van der Waals surface area contributed by atoms with Gasteiger partial charge < -0.3 is 20.1 Å². The maximum atomic E-state index is 11.3. The number of hydrogen-bond acceptors (Lipinski definition) is 6. The highest BCUT2D eigenvalue weighted by Crippen LogP contribution is 2.27. The first-order valence-electron chi connectivity index (χ1n) is 7.21. The number of aromatic nitrogens is 3. The molecule has 0 aliphatic rings. The molecule has 1 N–H and O–H groups in total. The highest BCUT2D eigenvalue weighted by molar-refractivity contribution is 6.30. The van der Waals surface area contributed by atoms with Crippen molar-refractivity contribution in [3.63, 3.8) is 0 Å². The molecule has 1 aromatic carbocycles. The zero-order chi connectivity index (χ0) is 17.1. The topological polar surface area (TPSA) is 94.1 Å². The van der Waals surface area contributed by atoms with Gasteiger partial charge in [-0.1, -0.05) is 11.6 Å². The SMILES string of the molecule is CCN(C(=O)[O-])c1cc(Nc2ccc(Cl)cc2)c2nccnc2n1. The van der Waals surface area contributed by atoms with Crippen LogP contribution in [0.4, 0.5) is 22.0 Å². The fourth-order valence-corrected chi connectivity index (χ4v) is 2.37. The van der Waals surface area contributed by atoms with Gasteiger partial charge in [0.05, 0.1) is 5.69 Å². The van der Waals surface area contributed by atoms with Crippen molar-refractivity contribution in [3.05, 3.63) is 47.7 Å². The summed E-state index contributed by atoms with van der Waals surface area (Å²) in [4.78, 5) is 25.0. The second-order valence-electron chi connectivity index (χ2n) is 4.90. The lowest BCUT2D eigenvalue weighted by atomic mass is 10.2. The van der Waals surface area contributed by atoms with E-state index in [-0.39, 0.29) is 12.4 Å². The molecule has 0 aliphatic carbocycles. The quantitative estimate of drug-likeness (QED) is 0.783. The van der Waals surface area contributed by atoms with Crippen molar-refractivity contribution in [2.75, 3.05) is 16.8 Å². The number of halogens is 1. The van der Waals surface area contributed by atoms with Gasteiger partial charge in [-0.05, 0) is 31.2 Å². The molecule has 3 rings (SSSR count). The molecule has 0 saturated heterocycles. The van der Waals surface area contributed by atoms with Gasteiger partial charge in [0.25, 0.3) is 0 Å². The van der Waals surface area contributed by atoms with Gasteiger partial charge in [-0.2, -0.15) is 0 Å². The van der Waals surface area contributed by atoms with Crippen molar-refractivity contribution < 1.29 is 9.90 Å². The summed E-state index contributed by atoms with van der Waals surface area (Å²) >= 11 is 5.89. The van der Waals surface area contributed by atoms with Gasteiger partial charge in [-0.3, -0.25) is 0 Å². The fourth-order valence-electron chi connectivity index (χ4n) is 2.25. The third-order valence-corrected chi connectivity index (χ3v) is 3.62. The van der Waals surface area contributed by atoms with E-state index in [1.165, 1.54) is 6.20 Å². The van der Waals surface area contributed by atoms with Crippen molar-refractivity contribution in [2.24, 2.45) is 0 Å². The first kappa shape index (κ1) is 15.9. The second kappa shape index (κ2) is 6.67. The normalized spacial score (nSPS) is 10.6. The number of nitrogens with one attached hydrogen (secondary N) is 1. The van der Waals surface area contributed by atoms with Crippen molar-refractivity contribution in [1.82, 2.24) is 15.0 Å². The Bertz CT molecular complexity index is 885. The molecule has 0 aliphatic heterocycles. The summed E-state index contributed by atoms with van der Waals surface area (Å²) < 4.78 is 0. The van der Waals surface area contributed by atoms with Crippen LogP contribution in [0.5, 0.6) is 0 Å². The van der Waals surface area contributed by atoms with E-state index in [0.29, 0.717) is 21.9 Å². The molecule has 0 saturated carbocycles. The molecule has 1 amide bonds. The van der Waals surface area contributed by atoms with Gasteiger partial charge in [0, 0.05) is 35.7 Å². The fraction of sp³-hybridized carbons (Fsp3) is 0.125. The van der Waals surface area contributed by atoms with Crippen molar-refractivity contribution in [1.29, 1.82) is 0 Å². The van der Waals surface area contributed by atoms with Crippen molar-refractivity contribution in [2.45, 2.75) is 6.92 Å². The van der Waals surface area contributed by atoms with Crippen LogP contribution >= 0.6 is 11.6 Å². The average molecular weight is 343 g/mol. The molecule has 0 unspecified atom stereocenters. The molecule has 0 atom stereocenters. The van der Waals surface area contributed by atoms with Gasteiger partial charge in [-0.15, -0.1) is 0 Å². The number of rotatable bonds is 4. The summed E-state index contributed by atoms with van der Waals surface area (Å²) in [6, 6.07) is 8.71. The van der Waals surface area contributed by atoms with Gasteiger partial charge in [0.2, 0.25) is 0 Å². The Morgan fingerprint density at radius 3 is 2.62 bits per heavy atom. The van der Waals surface area contributed by atoms with E-state index >= 15 is 0 Å². The molecular weight excluding hydrogens is 330 g/mol. The first-order chi connectivity index (χ1) is 11.6. The highest BCUT2D eigenvalue weighted by Gasteiger charge is 2.13. The maximum absolute atomic E-state index is 11.3. The monoisotopic (exact) mass is 342 g/mol. The minimum atomic E-state index is -1.33. The average Bonchev–Trinajstić information content (AvgIpc) is 2.57. The molecule has 122 valence electrons. The van der Waals surface area contributed by atoms with E-state index in [1.54, 1.807) is 43.5 Å². The van der Waals surface area contributed by atoms with Gasteiger partial charge in [0.15, 0.2) is 5.65 Å². The molecule has 0 spiro atoms. The van der Waals surface area contributed by atoms with Crippen LogP contribution in [0.25, 0.3) is 11.2 Å². The molecule has 2 aromatic heterocycles. The summed E-state index contributed by atoms with van der Waals surface area (Å²) in [6.07, 6.45) is 1.72. The second-order valence-corrected chi connectivity index (χ2v) is 5.34. The van der Waals surface area contributed by atoms with Crippen LogP contribution in [0.1, 0.15) is 6.92 Å². The summed E-state index contributed by atoms with van der Waals surface area (Å²) in [5, 5.41) is 15.1. The molecule has 7 nitrogen and oxygen atoms in total. The zero-order valence-electron chi connectivity index (χ0n) is 12.7. The Morgan fingerprint density at radius 1 is 1.25 bits per heavy atom. The largest absolute Gasteiger partial charge is 0.530 e. The van der Waals surface area contributed by atoms with E-state index in [9.17, 15) is 9.90 Å². The molecular formula is C16H13ClN5O2-. The number of fused-ring (bicyclic) bond motifs is 1. The van der Waals surface area contributed by atoms with Crippen molar-refractivity contribution in [3.8, 4) is 0 Å². The van der Waals surface area contributed by atoms with Crippen LogP contribution in [-0.2, 0) is 0 Å². The number of nitrogens with zero attached hydrogens (tertiary/aromatic N) is 4. The van der Waals surface area contributed by atoms with Crippen molar-refractivity contribution >= 4 is 46.1 Å². The van der Waals surface area contributed by atoms with Gasteiger partial charge >= 0.3 is 0 Å². The summed E-state index contributed by atoms with van der Waals surface area (Å²) in [5.41, 5.74) is 2.24. The standard InChI is InChI=1S/C16H14ClN5O2/c1-2-22(16(23)24)13-9-12(14-15(21-13)19-8-7-18-14)20-11-5-3-10(17)4-6-11/h3-9H,2H2,1H3,(H,23,24)(H,19,20,21)/p-1. The number of pyridine rings is 1. The Labute approximate surface area is 142 Å². The number of hydrogen-bond donors (Lipinski definition) is 1. The number of carbonyl (C=O) groups excluding carboxylic acids is 1. The first-order valence-corrected chi connectivity index (χ1v) is 7.59. The Hall–Kier alpha value is -2.93. The molecule has 0 fully saturated rings. The zero-order valence-corrected chi connectivity index (χ0v) is 13.5.